The van der Waals surface area contributed by atoms with Crippen molar-refractivity contribution in [3.05, 3.63) is 29.6 Å². The largest absolute Gasteiger partial charge is 0.416 e. The first-order valence-electron chi connectivity index (χ1n) is 9.73. The molecule has 1 saturated heterocycles. The summed E-state index contributed by atoms with van der Waals surface area (Å²) in [6.07, 6.45) is -9.61. The Morgan fingerprint density at radius 1 is 1.12 bits per heavy atom. The van der Waals surface area contributed by atoms with Crippen molar-refractivity contribution in [2.24, 2.45) is 0 Å². The fourth-order valence-corrected chi connectivity index (χ4v) is 3.91. The maximum Gasteiger partial charge on any atom is 0.416 e. The van der Waals surface area contributed by atoms with Crippen molar-refractivity contribution in [3.63, 3.8) is 0 Å². The minimum atomic E-state index is -4.83. The van der Waals surface area contributed by atoms with Crippen LogP contribution in [0.2, 0.25) is 0 Å². The number of hydrogen-bond donors (Lipinski definition) is 2. The third-order valence-corrected chi connectivity index (χ3v) is 5.45. The number of nitrogens with one attached hydrogen (secondary N) is 2. The smallest absolute Gasteiger partial charge is 0.351 e. The van der Waals surface area contributed by atoms with Gasteiger partial charge in [0.25, 0.3) is 0 Å². The standard InChI is InChI=1S/C19H18F6N6O/c1-9-7-26-2-3-31(9)13-5-10(18(20,21)22)4-12(29-13)16-15-11(19(23,24)25)6-14(32)30-17(15)28-8-27-16/h4-5,8-9,11,26H,2-3,6-7H2,1H3,(H,27,28,30,32)/t9-,11-/m1/s1. The topological polar surface area (TPSA) is 83.0 Å². The van der Waals surface area contributed by atoms with Gasteiger partial charge in [-0.25, -0.2) is 15.0 Å². The molecule has 2 atom stereocenters. The summed E-state index contributed by atoms with van der Waals surface area (Å²) >= 11 is 0. The first-order chi connectivity index (χ1) is 14.9. The van der Waals surface area contributed by atoms with Crippen LogP contribution in [0.1, 0.15) is 30.4 Å². The zero-order chi connectivity index (χ0) is 23.3. The Kier molecular flexibility index (Phi) is 5.47. The fourth-order valence-electron chi connectivity index (χ4n) is 3.91. The van der Waals surface area contributed by atoms with Crippen molar-refractivity contribution >= 4 is 17.5 Å². The molecular formula is C19H18F6N6O. The Bertz CT molecular complexity index is 1040. The van der Waals surface area contributed by atoms with Crippen molar-refractivity contribution in [2.75, 3.05) is 29.9 Å². The van der Waals surface area contributed by atoms with Gasteiger partial charge in [-0.3, -0.25) is 4.79 Å². The van der Waals surface area contributed by atoms with Crippen LogP contribution in [0.4, 0.5) is 38.0 Å². The second-order valence-corrected chi connectivity index (χ2v) is 7.67. The molecule has 13 heteroatoms. The first-order valence-corrected chi connectivity index (χ1v) is 9.73. The number of pyridine rings is 1. The molecule has 0 unspecified atom stereocenters. The number of aromatic nitrogens is 3. The molecule has 4 heterocycles. The number of fused-ring (bicyclic) bond motifs is 1. The van der Waals surface area contributed by atoms with E-state index in [9.17, 15) is 31.1 Å². The van der Waals surface area contributed by atoms with Gasteiger partial charge in [0.15, 0.2) is 0 Å². The van der Waals surface area contributed by atoms with Crippen LogP contribution in [0.3, 0.4) is 0 Å². The van der Waals surface area contributed by atoms with Gasteiger partial charge in [0.05, 0.1) is 22.9 Å². The number of halogens is 6. The Balaban J connectivity index is 1.92. The second-order valence-electron chi connectivity index (χ2n) is 7.67. The molecule has 32 heavy (non-hydrogen) atoms. The molecule has 4 rings (SSSR count). The van der Waals surface area contributed by atoms with Gasteiger partial charge >= 0.3 is 12.4 Å². The molecule has 2 aromatic rings. The summed E-state index contributed by atoms with van der Waals surface area (Å²) in [4.78, 5) is 25.2. The first kappa shape index (κ1) is 22.2. The van der Waals surface area contributed by atoms with Crippen molar-refractivity contribution < 1.29 is 31.1 Å². The van der Waals surface area contributed by atoms with Crippen LogP contribution in [-0.4, -0.2) is 52.7 Å². The van der Waals surface area contributed by atoms with Gasteiger partial charge < -0.3 is 15.5 Å². The zero-order valence-corrected chi connectivity index (χ0v) is 16.7. The number of rotatable bonds is 2. The third-order valence-electron chi connectivity index (χ3n) is 5.45. The van der Waals surface area contributed by atoms with Gasteiger partial charge in [0, 0.05) is 37.7 Å². The van der Waals surface area contributed by atoms with Crippen LogP contribution in [0.25, 0.3) is 11.4 Å². The van der Waals surface area contributed by atoms with Crippen molar-refractivity contribution in [2.45, 2.75) is 37.7 Å². The van der Waals surface area contributed by atoms with Crippen molar-refractivity contribution in [1.82, 2.24) is 20.3 Å². The fraction of sp³-hybridized carbons (Fsp3) is 0.474. The van der Waals surface area contributed by atoms with E-state index in [0.29, 0.717) is 25.7 Å². The van der Waals surface area contributed by atoms with E-state index in [1.165, 1.54) is 0 Å². The molecule has 0 saturated carbocycles. The Morgan fingerprint density at radius 2 is 1.88 bits per heavy atom. The van der Waals surface area contributed by atoms with E-state index >= 15 is 0 Å². The van der Waals surface area contributed by atoms with Crippen LogP contribution < -0.4 is 15.5 Å². The molecule has 2 N–H and O–H groups in total. The summed E-state index contributed by atoms with van der Waals surface area (Å²) in [5, 5.41) is 5.36. The highest BCUT2D eigenvalue weighted by Crippen LogP contribution is 2.46. The minimum Gasteiger partial charge on any atom is -0.351 e. The maximum atomic E-state index is 13.7. The van der Waals surface area contributed by atoms with Crippen LogP contribution in [0, 0.1) is 0 Å². The molecule has 1 amide bonds. The molecule has 0 radical (unpaired) electrons. The summed E-state index contributed by atoms with van der Waals surface area (Å²) < 4.78 is 82.2. The normalized spacial score (nSPS) is 21.8. The van der Waals surface area contributed by atoms with Gasteiger partial charge in [0.2, 0.25) is 5.91 Å². The number of amides is 1. The molecule has 1 fully saturated rings. The molecule has 2 aromatic heterocycles. The van der Waals surface area contributed by atoms with E-state index in [1.807, 2.05) is 0 Å². The molecule has 0 bridgehead atoms. The monoisotopic (exact) mass is 460 g/mol. The number of anilines is 2. The molecule has 7 nitrogen and oxygen atoms in total. The Labute approximate surface area is 178 Å². The molecule has 0 spiro atoms. The van der Waals surface area contributed by atoms with E-state index < -0.39 is 47.4 Å². The summed E-state index contributed by atoms with van der Waals surface area (Å²) in [6, 6.07) is 1.36. The van der Waals surface area contributed by atoms with Crippen LogP contribution in [-0.2, 0) is 11.0 Å². The highest BCUT2D eigenvalue weighted by molar-refractivity contribution is 5.95. The number of alkyl halides is 6. The number of hydrogen-bond acceptors (Lipinski definition) is 6. The number of nitrogens with zero attached hydrogens (tertiary/aromatic N) is 4. The molecule has 0 aromatic carbocycles. The lowest BCUT2D eigenvalue weighted by molar-refractivity contribution is -0.156. The van der Waals surface area contributed by atoms with Gasteiger partial charge in [-0.05, 0) is 19.1 Å². The summed E-state index contributed by atoms with van der Waals surface area (Å²) in [6.45, 7) is 3.20. The van der Waals surface area contributed by atoms with Gasteiger partial charge in [-0.2, -0.15) is 26.3 Å². The molecule has 2 aliphatic heterocycles. The zero-order valence-electron chi connectivity index (χ0n) is 16.7. The van der Waals surface area contributed by atoms with Crippen molar-refractivity contribution in [3.8, 4) is 11.4 Å². The number of carbonyl (C=O) groups excluding carboxylic acids is 1. The highest BCUT2D eigenvalue weighted by atomic mass is 19.4. The molecule has 172 valence electrons. The summed E-state index contributed by atoms with van der Waals surface area (Å²) in [5.74, 6) is -3.55. The van der Waals surface area contributed by atoms with E-state index in [1.54, 1.807) is 11.8 Å². The highest BCUT2D eigenvalue weighted by Gasteiger charge is 2.47. The van der Waals surface area contributed by atoms with Gasteiger partial charge in [0.1, 0.15) is 18.0 Å². The third kappa shape index (κ3) is 4.20. The number of piperazine rings is 1. The molecule has 2 aliphatic rings. The Morgan fingerprint density at radius 3 is 2.53 bits per heavy atom. The van der Waals surface area contributed by atoms with Crippen molar-refractivity contribution in [1.29, 1.82) is 0 Å². The Hall–Kier alpha value is -2.96. The van der Waals surface area contributed by atoms with E-state index in [0.717, 1.165) is 12.4 Å². The second kappa shape index (κ2) is 7.87. The van der Waals surface area contributed by atoms with Crippen LogP contribution in [0.15, 0.2) is 18.5 Å². The maximum absolute atomic E-state index is 13.7. The lowest BCUT2D eigenvalue weighted by atomic mass is 9.89. The SMILES string of the molecule is C[C@@H]1CNCCN1c1cc(C(F)(F)F)cc(-c2ncnc3c2[C@H](C(F)(F)F)CC(=O)N3)n1. The van der Waals surface area contributed by atoms with Crippen LogP contribution >= 0.6 is 0 Å². The molecular weight excluding hydrogens is 442 g/mol. The molecule has 0 aliphatic carbocycles. The average Bonchev–Trinajstić information content (AvgIpc) is 2.71. The van der Waals surface area contributed by atoms with Crippen LogP contribution in [0.5, 0.6) is 0 Å². The van der Waals surface area contributed by atoms with E-state index in [2.05, 4.69) is 25.6 Å². The van der Waals surface area contributed by atoms with Gasteiger partial charge in [-0.15, -0.1) is 0 Å². The van der Waals surface area contributed by atoms with Gasteiger partial charge in [-0.1, -0.05) is 0 Å². The predicted octanol–water partition coefficient (Wildman–Crippen LogP) is 3.34. The van der Waals surface area contributed by atoms with E-state index in [4.69, 9.17) is 0 Å². The number of carbonyl (C=O) groups is 1. The summed E-state index contributed by atoms with van der Waals surface area (Å²) in [5.41, 5.74) is -2.32. The lowest BCUT2D eigenvalue weighted by Gasteiger charge is -2.35. The predicted molar refractivity (Wildman–Crippen MR) is 102 cm³/mol. The lowest BCUT2D eigenvalue weighted by Crippen LogP contribution is -2.50. The van der Waals surface area contributed by atoms with E-state index in [-0.39, 0.29) is 23.4 Å². The summed E-state index contributed by atoms with van der Waals surface area (Å²) in [7, 11) is 0. The quantitative estimate of drug-likeness (QED) is 0.669. The average molecular weight is 460 g/mol. The minimum absolute atomic E-state index is 0.0143.